The van der Waals surface area contributed by atoms with Crippen LogP contribution in [0.5, 0.6) is 0 Å². The van der Waals surface area contributed by atoms with Gasteiger partial charge in [-0.1, -0.05) is 36.4 Å². The maximum atomic E-state index is 12.3. The van der Waals surface area contributed by atoms with E-state index in [2.05, 4.69) is 10.3 Å². The Morgan fingerprint density at radius 1 is 0.913 bits per heavy atom. The topological polar surface area (TPSA) is 45.2 Å². The van der Waals surface area contributed by atoms with Gasteiger partial charge in [0.25, 0.3) is 5.91 Å². The van der Waals surface area contributed by atoms with Gasteiger partial charge in [-0.3, -0.25) is 9.78 Å². The summed E-state index contributed by atoms with van der Waals surface area (Å²) >= 11 is 0. The van der Waals surface area contributed by atoms with Crippen LogP contribution in [-0.4, -0.2) is 17.9 Å². The van der Waals surface area contributed by atoms with Gasteiger partial charge >= 0.3 is 0 Å². The van der Waals surface area contributed by atoms with Crippen LogP contribution in [0.15, 0.2) is 79.0 Å². The van der Waals surface area contributed by atoms with E-state index in [0.29, 0.717) is 5.69 Å². The smallest absolute Gasteiger partial charge is 0.274 e. The minimum atomic E-state index is -0.223. The minimum absolute atomic E-state index is 0.223. The predicted octanol–water partition coefficient (Wildman–Crippen LogP) is 4.10. The summed E-state index contributed by atoms with van der Waals surface area (Å²) < 4.78 is 0. The molecule has 0 saturated carbocycles. The normalized spacial score (nSPS) is 10.1. The number of anilines is 3. The Kier molecular flexibility index (Phi) is 4.34. The number of hydrogen-bond acceptors (Lipinski definition) is 3. The van der Waals surface area contributed by atoms with Crippen molar-refractivity contribution in [1.29, 1.82) is 0 Å². The maximum Gasteiger partial charge on any atom is 0.274 e. The number of para-hydroxylation sites is 2. The largest absolute Gasteiger partial charge is 0.345 e. The Labute approximate surface area is 135 Å². The number of carbonyl (C=O) groups excluding carboxylic acids is 1. The summed E-state index contributed by atoms with van der Waals surface area (Å²) in [6, 6.07) is 23.0. The average Bonchev–Trinajstić information content (AvgIpc) is 2.63. The van der Waals surface area contributed by atoms with E-state index in [0.717, 1.165) is 17.1 Å². The van der Waals surface area contributed by atoms with Crippen molar-refractivity contribution < 1.29 is 4.79 Å². The summed E-state index contributed by atoms with van der Waals surface area (Å²) in [6.07, 6.45) is 1.65. The SMILES string of the molecule is CN(c1ccccc1)c1ccnc(C(=O)Nc2ccccc2)c1. The van der Waals surface area contributed by atoms with Gasteiger partial charge in [0.05, 0.1) is 0 Å². The molecule has 0 aliphatic carbocycles. The number of pyridine rings is 1. The van der Waals surface area contributed by atoms with Crippen LogP contribution in [0.25, 0.3) is 0 Å². The third-order valence-corrected chi connectivity index (χ3v) is 3.54. The summed E-state index contributed by atoms with van der Waals surface area (Å²) in [6.45, 7) is 0. The van der Waals surface area contributed by atoms with Crippen molar-refractivity contribution in [1.82, 2.24) is 4.98 Å². The Bertz CT molecular complexity index is 788. The van der Waals surface area contributed by atoms with Crippen LogP contribution in [0.1, 0.15) is 10.5 Å². The fraction of sp³-hybridized carbons (Fsp3) is 0.0526. The molecule has 0 atom stereocenters. The number of aromatic nitrogens is 1. The zero-order chi connectivity index (χ0) is 16.1. The molecule has 3 aromatic rings. The molecule has 1 heterocycles. The van der Waals surface area contributed by atoms with E-state index in [1.807, 2.05) is 78.7 Å². The summed E-state index contributed by atoms with van der Waals surface area (Å²) in [4.78, 5) is 18.5. The van der Waals surface area contributed by atoms with E-state index < -0.39 is 0 Å². The lowest BCUT2D eigenvalue weighted by Crippen LogP contribution is -2.15. The lowest BCUT2D eigenvalue weighted by molar-refractivity contribution is 0.102. The van der Waals surface area contributed by atoms with Crippen LogP contribution in [0.4, 0.5) is 17.1 Å². The van der Waals surface area contributed by atoms with Crippen molar-refractivity contribution in [3.8, 4) is 0 Å². The number of benzene rings is 2. The molecule has 0 unspecified atom stereocenters. The van der Waals surface area contributed by atoms with Crippen LogP contribution in [0, 0.1) is 0 Å². The zero-order valence-corrected chi connectivity index (χ0v) is 12.8. The monoisotopic (exact) mass is 303 g/mol. The van der Waals surface area contributed by atoms with Gasteiger partial charge in [-0.25, -0.2) is 0 Å². The lowest BCUT2D eigenvalue weighted by atomic mass is 10.2. The first-order valence-corrected chi connectivity index (χ1v) is 7.35. The summed E-state index contributed by atoms with van der Waals surface area (Å²) in [5.41, 5.74) is 3.09. The van der Waals surface area contributed by atoms with Crippen LogP contribution in [0.3, 0.4) is 0 Å². The molecule has 23 heavy (non-hydrogen) atoms. The highest BCUT2D eigenvalue weighted by Gasteiger charge is 2.10. The fourth-order valence-electron chi connectivity index (χ4n) is 2.27. The predicted molar refractivity (Wildman–Crippen MR) is 93.1 cm³/mol. The van der Waals surface area contributed by atoms with Crippen molar-refractivity contribution >= 4 is 23.0 Å². The highest BCUT2D eigenvalue weighted by atomic mass is 16.1. The Hall–Kier alpha value is -3.14. The molecule has 0 bridgehead atoms. The Morgan fingerprint density at radius 2 is 1.57 bits per heavy atom. The average molecular weight is 303 g/mol. The summed E-state index contributed by atoms with van der Waals surface area (Å²) in [5.74, 6) is -0.223. The highest BCUT2D eigenvalue weighted by molar-refractivity contribution is 6.03. The standard InChI is InChI=1S/C19H17N3O/c1-22(16-10-6-3-7-11-16)17-12-13-20-18(14-17)19(23)21-15-8-4-2-5-9-15/h2-14H,1H3,(H,21,23). The third kappa shape index (κ3) is 3.55. The molecule has 4 heteroatoms. The van der Waals surface area contributed by atoms with Crippen LogP contribution < -0.4 is 10.2 Å². The molecule has 0 spiro atoms. The van der Waals surface area contributed by atoms with Gasteiger partial charge in [-0.15, -0.1) is 0 Å². The molecule has 0 fully saturated rings. The molecule has 3 rings (SSSR count). The molecule has 2 aromatic carbocycles. The van der Waals surface area contributed by atoms with Crippen molar-refractivity contribution in [3.63, 3.8) is 0 Å². The Balaban J connectivity index is 1.81. The summed E-state index contributed by atoms with van der Waals surface area (Å²) in [5, 5.41) is 2.84. The molecule has 0 saturated heterocycles. The van der Waals surface area contributed by atoms with Crippen molar-refractivity contribution in [2.24, 2.45) is 0 Å². The van der Waals surface area contributed by atoms with Gasteiger partial charge in [-0.2, -0.15) is 0 Å². The zero-order valence-electron chi connectivity index (χ0n) is 12.8. The van der Waals surface area contributed by atoms with Gasteiger partial charge < -0.3 is 10.2 Å². The van der Waals surface area contributed by atoms with E-state index in [1.54, 1.807) is 12.3 Å². The van der Waals surface area contributed by atoms with Crippen LogP contribution >= 0.6 is 0 Å². The van der Waals surface area contributed by atoms with Crippen LogP contribution in [0.2, 0.25) is 0 Å². The molecule has 0 radical (unpaired) electrons. The lowest BCUT2D eigenvalue weighted by Gasteiger charge is -2.19. The third-order valence-electron chi connectivity index (χ3n) is 3.54. The van der Waals surface area contributed by atoms with E-state index >= 15 is 0 Å². The van der Waals surface area contributed by atoms with E-state index in [4.69, 9.17) is 0 Å². The number of rotatable bonds is 4. The molecule has 114 valence electrons. The van der Waals surface area contributed by atoms with Crippen molar-refractivity contribution in [2.75, 3.05) is 17.3 Å². The first-order chi connectivity index (χ1) is 11.2. The molecule has 1 aromatic heterocycles. The maximum absolute atomic E-state index is 12.3. The number of nitrogens with one attached hydrogen (secondary N) is 1. The fourth-order valence-corrected chi connectivity index (χ4v) is 2.27. The number of amides is 1. The van der Waals surface area contributed by atoms with E-state index in [9.17, 15) is 4.79 Å². The number of hydrogen-bond donors (Lipinski definition) is 1. The molecular formula is C19H17N3O. The molecular weight excluding hydrogens is 286 g/mol. The molecule has 1 amide bonds. The first-order valence-electron chi connectivity index (χ1n) is 7.35. The second-order valence-electron chi connectivity index (χ2n) is 5.11. The molecule has 4 nitrogen and oxygen atoms in total. The van der Waals surface area contributed by atoms with Gasteiger partial charge in [0.1, 0.15) is 5.69 Å². The highest BCUT2D eigenvalue weighted by Crippen LogP contribution is 2.23. The van der Waals surface area contributed by atoms with E-state index in [-0.39, 0.29) is 5.91 Å². The van der Waals surface area contributed by atoms with Gasteiger partial charge in [0, 0.05) is 30.3 Å². The Morgan fingerprint density at radius 3 is 2.26 bits per heavy atom. The number of carbonyl (C=O) groups is 1. The minimum Gasteiger partial charge on any atom is -0.345 e. The molecule has 1 N–H and O–H groups in total. The second-order valence-corrected chi connectivity index (χ2v) is 5.11. The van der Waals surface area contributed by atoms with Crippen LogP contribution in [-0.2, 0) is 0 Å². The van der Waals surface area contributed by atoms with Gasteiger partial charge in [-0.05, 0) is 36.4 Å². The van der Waals surface area contributed by atoms with Gasteiger partial charge in [0.2, 0.25) is 0 Å². The van der Waals surface area contributed by atoms with Gasteiger partial charge in [0.15, 0.2) is 0 Å². The quantitative estimate of drug-likeness (QED) is 0.789. The van der Waals surface area contributed by atoms with E-state index in [1.165, 1.54) is 0 Å². The summed E-state index contributed by atoms with van der Waals surface area (Å²) in [7, 11) is 1.96. The van der Waals surface area contributed by atoms with Crippen molar-refractivity contribution in [3.05, 3.63) is 84.7 Å². The number of nitrogens with zero attached hydrogens (tertiary/aromatic N) is 2. The molecule has 0 aliphatic rings. The van der Waals surface area contributed by atoms with Crippen molar-refractivity contribution in [2.45, 2.75) is 0 Å². The second kappa shape index (κ2) is 6.75. The first kappa shape index (κ1) is 14.8. The molecule has 0 aliphatic heterocycles.